The zero-order chi connectivity index (χ0) is 22.0. The van der Waals surface area contributed by atoms with Crippen molar-refractivity contribution in [2.45, 2.75) is 57.8 Å². The average Bonchev–Trinajstić information content (AvgIpc) is 2.58. The molecule has 4 unspecified atom stereocenters. The Labute approximate surface area is 168 Å². The summed E-state index contributed by atoms with van der Waals surface area (Å²) >= 11 is 3.86. The number of hydrogen-bond acceptors (Lipinski definition) is 7. The number of thiol groups is 1. The van der Waals surface area contributed by atoms with Crippen molar-refractivity contribution in [1.29, 1.82) is 0 Å². The Morgan fingerprint density at radius 3 is 1.82 bits per heavy atom. The predicted molar refractivity (Wildman–Crippen MR) is 103 cm³/mol. The van der Waals surface area contributed by atoms with Gasteiger partial charge in [0.25, 0.3) is 0 Å². The highest BCUT2D eigenvalue weighted by Gasteiger charge is 2.30. The largest absolute Gasteiger partial charge is 0.481 e. The summed E-state index contributed by atoms with van der Waals surface area (Å²) in [6, 6.07) is -4.79. The first-order valence-electron chi connectivity index (χ1n) is 8.61. The van der Waals surface area contributed by atoms with Crippen molar-refractivity contribution >= 4 is 42.3 Å². The molecule has 7 N–H and O–H groups in total. The molecule has 0 aliphatic rings. The van der Waals surface area contributed by atoms with E-state index in [4.69, 9.17) is 15.9 Å². The smallest absolute Gasteiger partial charge is 0.325 e. The number of carbonyl (C=O) groups is 5. The maximum atomic E-state index is 12.5. The van der Waals surface area contributed by atoms with Gasteiger partial charge in [-0.3, -0.25) is 24.0 Å². The second kappa shape index (κ2) is 12.2. The van der Waals surface area contributed by atoms with E-state index in [1.165, 1.54) is 6.92 Å². The van der Waals surface area contributed by atoms with Gasteiger partial charge >= 0.3 is 11.9 Å². The minimum Gasteiger partial charge on any atom is -0.481 e. The number of carboxylic acid groups (broad SMARTS) is 2. The maximum absolute atomic E-state index is 12.5. The van der Waals surface area contributed by atoms with Gasteiger partial charge in [-0.1, -0.05) is 13.8 Å². The van der Waals surface area contributed by atoms with Gasteiger partial charge in [0.1, 0.15) is 18.1 Å². The van der Waals surface area contributed by atoms with Crippen LogP contribution in [0.4, 0.5) is 0 Å². The Kier molecular flexibility index (Phi) is 11.2. The zero-order valence-corrected chi connectivity index (χ0v) is 16.9. The molecule has 0 saturated carbocycles. The molecule has 0 heterocycles. The lowest BCUT2D eigenvalue weighted by molar-refractivity contribution is -0.143. The van der Waals surface area contributed by atoms with Gasteiger partial charge in [-0.2, -0.15) is 12.6 Å². The van der Waals surface area contributed by atoms with Crippen LogP contribution in [0.2, 0.25) is 0 Å². The summed E-state index contributed by atoms with van der Waals surface area (Å²) in [4.78, 5) is 58.7. The summed E-state index contributed by atoms with van der Waals surface area (Å²) in [5.74, 6) is -5.04. The van der Waals surface area contributed by atoms with Crippen LogP contribution in [0.25, 0.3) is 0 Å². The van der Waals surface area contributed by atoms with Gasteiger partial charge in [-0.15, -0.1) is 0 Å². The van der Waals surface area contributed by atoms with Crippen LogP contribution in [0.5, 0.6) is 0 Å². The normalized spacial score (nSPS) is 15.1. The molecule has 0 aromatic heterocycles. The lowest BCUT2D eigenvalue weighted by Gasteiger charge is -2.24. The molecule has 160 valence electrons. The first kappa shape index (κ1) is 25.7. The maximum Gasteiger partial charge on any atom is 0.325 e. The third-order valence-electron chi connectivity index (χ3n) is 3.61. The highest BCUT2D eigenvalue weighted by Crippen LogP contribution is 2.07. The van der Waals surface area contributed by atoms with Gasteiger partial charge in [-0.25, -0.2) is 0 Å². The van der Waals surface area contributed by atoms with Crippen molar-refractivity contribution in [2.24, 2.45) is 11.7 Å². The Balaban J connectivity index is 5.32. The number of aliphatic carboxylic acids is 2. The summed E-state index contributed by atoms with van der Waals surface area (Å²) in [5.41, 5.74) is 5.51. The topological polar surface area (TPSA) is 188 Å². The quantitative estimate of drug-likeness (QED) is 0.182. The highest BCUT2D eigenvalue weighted by molar-refractivity contribution is 7.80. The number of hydrogen-bond donors (Lipinski definition) is 7. The van der Waals surface area contributed by atoms with Crippen molar-refractivity contribution in [3.8, 4) is 0 Å². The Morgan fingerprint density at radius 2 is 1.39 bits per heavy atom. The molecule has 28 heavy (non-hydrogen) atoms. The molecule has 11 nitrogen and oxygen atoms in total. The molecule has 0 rings (SSSR count). The van der Waals surface area contributed by atoms with Crippen molar-refractivity contribution < 1.29 is 34.2 Å². The summed E-state index contributed by atoms with van der Waals surface area (Å²) in [6.45, 7) is 4.84. The molecule has 4 atom stereocenters. The fourth-order valence-corrected chi connectivity index (χ4v) is 2.26. The molecule has 0 fully saturated rings. The van der Waals surface area contributed by atoms with Gasteiger partial charge < -0.3 is 31.9 Å². The van der Waals surface area contributed by atoms with Crippen molar-refractivity contribution in [3.63, 3.8) is 0 Å². The summed E-state index contributed by atoms with van der Waals surface area (Å²) < 4.78 is 0. The molecule has 0 saturated heterocycles. The van der Waals surface area contributed by atoms with Gasteiger partial charge in [0.05, 0.1) is 12.5 Å². The van der Waals surface area contributed by atoms with Crippen LogP contribution in [-0.2, 0) is 24.0 Å². The molecule has 0 spiro atoms. The fourth-order valence-electron chi connectivity index (χ4n) is 2.10. The Hall–Kier alpha value is -2.34. The second-order valence-electron chi connectivity index (χ2n) is 6.71. The third-order valence-corrected chi connectivity index (χ3v) is 4.01. The van der Waals surface area contributed by atoms with E-state index in [9.17, 15) is 24.0 Å². The first-order chi connectivity index (χ1) is 12.9. The van der Waals surface area contributed by atoms with Crippen molar-refractivity contribution in [2.75, 3.05) is 5.75 Å². The van der Waals surface area contributed by atoms with Crippen molar-refractivity contribution in [1.82, 2.24) is 16.0 Å². The van der Waals surface area contributed by atoms with E-state index in [0.717, 1.165) is 0 Å². The van der Waals surface area contributed by atoms with Crippen molar-refractivity contribution in [3.05, 3.63) is 0 Å². The predicted octanol–water partition coefficient (Wildman–Crippen LogP) is -1.68. The number of nitrogens with one attached hydrogen (secondary N) is 3. The molecule has 12 heteroatoms. The number of nitrogens with two attached hydrogens (primary N) is 1. The lowest BCUT2D eigenvalue weighted by Crippen LogP contribution is -2.57. The van der Waals surface area contributed by atoms with Crippen LogP contribution in [0, 0.1) is 5.92 Å². The van der Waals surface area contributed by atoms with E-state index in [-0.39, 0.29) is 18.1 Å². The summed E-state index contributed by atoms with van der Waals surface area (Å²) in [5, 5.41) is 24.7. The van der Waals surface area contributed by atoms with E-state index < -0.39 is 60.2 Å². The molecule has 0 radical (unpaired) electrons. The fraction of sp³-hybridized carbons (Fsp3) is 0.688. The molecule has 0 aliphatic carbocycles. The van der Waals surface area contributed by atoms with Crippen LogP contribution in [0.15, 0.2) is 0 Å². The van der Waals surface area contributed by atoms with Crippen LogP contribution in [0.1, 0.15) is 33.6 Å². The molecule has 0 aliphatic heterocycles. The zero-order valence-electron chi connectivity index (χ0n) is 16.0. The molecule has 0 aromatic carbocycles. The van der Waals surface area contributed by atoms with Gasteiger partial charge in [-0.05, 0) is 19.3 Å². The van der Waals surface area contributed by atoms with E-state index in [1.807, 2.05) is 0 Å². The first-order valence-corrected chi connectivity index (χ1v) is 9.24. The molecule has 0 bridgehead atoms. The minimum atomic E-state index is -1.46. The standard InChI is InChI=1S/C16H28N4O7S/c1-7(2)4-10(14(24)18-8(3)16(26)27)20-15(25)11(5-12(21)22)19-13(23)9(17)6-28/h7-11,28H,4-6,17H2,1-3H3,(H,18,24)(H,19,23)(H,20,25)(H,21,22)(H,26,27). The van der Waals surface area contributed by atoms with E-state index in [2.05, 4.69) is 28.6 Å². The third kappa shape index (κ3) is 9.55. The highest BCUT2D eigenvalue weighted by atomic mass is 32.1. The molecule has 0 aromatic rings. The number of carbonyl (C=O) groups excluding carboxylic acids is 3. The molecular formula is C16H28N4O7S. The SMILES string of the molecule is CC(C)CC(NC(=O)C(CC(=O)O)NC(=O)C(N)CS)C(=O)NC(C)C(=O)O. The molecule has 3 amide bonds. The summed E-state index contributed by atoms with van der Waals surface area (Å²) in [7, 11) is 0. The summed E-state index contributed by atoms with van der Waals surface area (Å²) in [6.07, 6.45) is -0.549. The Bertz CT molecular complexity index is 600. The van der Waals surface area contributed by atoms with Crippen LogP contribution >= 0.6 is 12.6 Å². The van der Waals surface area contributed by atoms with E-state index in [0.29, 0.717) is 0 Å². The van der Waals surface area contributed by atoms with Crippen LogP contribution in [0.3, 0.4) is 0 Å². The van der Waals surface area contributed by atoms with E-state index >= 15 is 0 Å². The molecular weight excluding hydrogens is 392 g/mol. The number of rotatable bonds is 12. The van der Waals surface area contributed by atoms with Gasteiger partial charge in [0, 0.05) is 5.75 Å². The minimum absolute atomic E-state index is 0.0152. The number of amides is 3. The average molecular weight is 420 g/mol. The Morgan fingerprint density at radius 1 is 0.893 bits per heavy atom. The van der Waals surface area contributed by atoms with Crippen LogP contribution < -0.4 is 21.7 Å². The second-order valence-corrected chi connectivity index (χ2v) is 7.07. The van der Waals surface area contributed by atoms with E-state index in [1.54, 1.807) is 13.8 Å². The van der Waals surface area contributed by atoms with Gasteiger partial charge in [0.2, 0.25) is 17.7 Å². The van der Waals surface area contributed by atoms with Gasteiger partial charge in [0.15, 0.2) is 0 Å². The lowest BCUT2D eigenvalue weighted by atomic mass is 10.0. The number of carboxylic acids is 2. The van der Waals surface area contributed by atoms with Crippen LogP contribution in [-0.4, -0.2) is 69.8 Å². The monoisotopic (exact) mass is 420 g/mol.